The first kappa shape index (κ1) is 18.6. The fourth-order valence-corrected chi connectivity index (χ4v) is 3.52. The Morgan fingerprint density at radius 2 is 1.86 bits per heavy atom. The van der Waals surface area contributed by atoms with E-state index in [1.54, 1.807) is 7.11 Å². The summed E-state index contributed by atoms with van der Waals surface area (Å²) in [5, 5.41) is 1.16. The third kappa shape index (κ3) is 4.37. The topological polar surface area (TPSA) is 43.8 Å². The van der Waals surface area contributed by atoms with Crippen LogP contribution in [0.4, 0.5) is 0 Å². The van der Waals surface area contributed by atoms with Crippen molar-refractivity contribution in [2.75, 3.05) is 33.4 Å². The van der Waals surface area contributed by atoms with Crippen LogP contribution in [0.1, 0.15) is 18.4 Å². The number of hydrogen-bond donors (Lipinski definition) is 0. The molecule has 28 heavy (non-hydrogen) atoms. The minimum atomic E-state index is 0.677. The highest BCUT2D eigenvalue weighted by Gasteiger charge is 2.17. The Hall–Kier alpha value is -2.79. The van der Waals surface area contributed by atoms with Crippen molar-refractivity contribution in [1.29, 1.82) is 0 Å². The molecule has 4 rings (SSSR count). The van der Waals surface area contributed by atoms with E-state index in [2.05, 4.69) is 22.0 Å². The predicted molar refractivity (Wildman–Crippen MR) is 110 cm³/mol. The molecule has 0 aliphatic carbocycles. The minimum Gasteiger partial charge on any atom is -0.493 e. The molecular weight excluding hydrogens is 352 g/mol. The van der Waals surface area contributed by atoms with E-state index in [-0.39, 0.29) is 0 Å². The van der Waals surface area contributed by atoms with Gasteiger partial charge in [0.2, 0.25) is 5.88 Å². The first-order chi connectivity index (χ1) is 13.8. The molecule has 0 spiro atoms. The van der Waals surface area contributed by atoms with Crippen LogP contribution < -0.4 is 14.2 Å². The van der Waals surface area contributed by atoms with Gasteiger partial charge in [-0.2, -0.15) is 0 Å². The maximum Gasteiger partial charge on any atom is 0.218 e. The van der Waals surface area contributed by atoms with Crippen molar-refractivity contribution >= 4 is 10.9 Å². The summed E-state index contributed by atoms with van der Waals surface area (Å²) in [4.78, 5) is 7.12. The average Bonchev–Trinajstić information content (AvgIpc) is 2.93. The number of rotatable bonds is 7. The van der Waals surface area contributed by atoms with E-state index in [4.69, 9.17) is 14.2 Å². The van der Waals surface area contributed by atoms with Crippen molar-refractivity contribution in [3.63, 3.8) is 0 Å². The van der Waals surface area contributed by atoms with E-state index in [0.717, 1.165) is 60.8 Å². The number of hydrogen-bond acceptors (Lipinski definition) is 5. The highest BCUT2D eigenvalue weighted by Crippen LogP contribution is 2.27. The second-order valence-electron chi connectivity index (χ2n) is 6.98. The highest BCUT2D eigenvalue weighted by molar-refractivity contribution is 5.80. The number of unbranched alkanes of at least 4 members (excludes halogenated alkanes) is 1. The summed E-state index contributed by atoms with van der Waals surface area (Å²) in [6.45, 7) is 4.18. The number of nitrogens with zero attached hydrogens (tertiary/aromatic N) is 2. The zero-order valence-corrected chi connectivity index (χ0v) is 16.3. The van der Waals surface area contributed by atoms with Gasteiger partial charge in [0.15, 0.2) is 11.5 Å². The van der Waals surface area contributed by atoms with Gasteiger partial charge in [-0.3, -0.25) is 4.90 Å². The number of aromatic nitrogens is 1. The molecule has 2 heterocycles. The Morgan fingerprint density at radius 1 is 1.04 bits per heavy atom. The van der Waals surface area contributed by atoms with Crippen LogP contribution in [0.15, 0.2) is 54.6 Å². The molecule has 1 aliphatic rings. The summed E-state index contributed by atoms with van der Waals surface area (Å²) in [6.07, 6.45) is 2.07. The van der Waals surface area contributed by atoms with Gasteiger partial charge in [-0.25, -0.2) is 4.98 Å². The second kappa shape index (κ2) is 8.93. The molecule has 0 atom stereocenters. The minimum absolute atomic E-state index is 0.677. The van der Waals surface area contributed by atoms with Crippen molar-refractivity contribution in [3.8, 4) is 17.4 Å². The number of ether oxygens (including phenoxy) is 3. The van der Waals surface area contributed by atoms with Gasteiger partial charge >= 0.3 is 0 Å². The van der Waals surface area contributed by atoms with E-state index < -0.39 is 0 Å². The Bertz CT molecular complexity index is 929. The van der Waals surface area contributed by atoms with Crippen molar-refractivity contribution in [1.82, 2.24) is 9.88 Å². The average molecular weight is 378 g/mol. The maximum absolute atomic E-state index is 5.91. The van der Waals surface area contributed by atoms with Crippen molar-refractivity contribution in [2.45, 2.75) is 19.4 Å². The van der Waals surface area contributed by atoms with Gasteiger partial charge in [-0.15, -0.1) is 0 Å². The Balaban J connectivity index is 1.29. The Kier molecular flexibility index (Phi) is 5.92. The normalized spacial score (nSPS) is 14.2. The molecule has 0 fully saturated rings. The molecule has 5 heteroatoms. The van der Waals surface area contributed by atoms with E-state index >= 15 is 0 Å². The van der Waals surface area contributed by atoms with Crippen LogP contribution in [0.25, 0.3) is 10.9 Å². The fraction of sp³-hybridized carbons (Fsp3) is 0.348. The molecular formula is C23H26N2O3. The molecule has 0 N–H and O–H groups in total. The van der Waals surface area contributed by atoms with E-state index in [9.17, 15) is 0 Å². The van der Waals surface area contributed by atoms with Crippen LogP contribution in [-0.4, -0.2) is 43.3 Å². The number of benzene rings is 2. The lowest BCUT2D eigenvalue weighted by Crippen LogP contribution is -2.27. The lowest BCUT2D eigenvalue weighted by molar-refractivity contribution is 0.213. The van der Waals surface area contributed by atoms with Crippen molar-refractivity contribution < 1.29 is 14.2 Å². The predicted octanol–water partition coefficient (Wildman–Crippen LogP) is 4.30. The molecule has 0 unspecified atom stereocenters. The van der Waals surface area contributed by atoms with Gasteiger partial charge in [0.1, 0.15) is 6.61 Å². The fourth-order valence-electron chi connectivity index (χ4n) is 3.52. The van der Waals surface area contributed by atoms with E-state index in [1.165, 1.54) is 5.56 Å². The Morgan fingerprint density at radius 3 is 2.75 bits per heavy atom. The number of pyridine rings is 1. The quantitative estimate of drug-likeness (QED) is 0.574. The van der Waals surface area contributed by atoms with Gasteiger partial charge in [0, 0.05) is 24.0 Å². The van der Waals surface area contributed by atoms with Gasteiger partial charge in [0.05, 0.1) is 19.2 Å². The SMILES string of the molecule is COc1ccccc1OCCCCN1CCOc2nc3ccccc3cc2C1. The molecule has 3 aromatic rings. The lowest BCUT2D eigenvalue weighted by atomic mass is 10.1. The van der Waals surface area contributed by atoms with Gasteiger partial charge in [0.25, 0.3) is 0 Å². The number of methoxy groups -OCH3 is 1. The molecule has 0 radical (unpaired) electrons. The molecule has 0 saturated carbocycles. The molecule has 146 valence electrons. The molecule has 2 aromatic carbocycles. The standard InChI is InChI=1S/C23H26N2O3/c1-26-21-10-4-5-11-22(21)27-14-7-6-12-25-13-15-28-23-19(17-25)16-18-8-2-3-9-20(18)24-23/h2-5,8-11,16H,6-7,12-15,17H2,1H3. The first-order valence-electron chi connectivity index (χ1n) is 9.83. The molecule has 0 saturated heterocycles. The smallest absolute Gasteiger partial charge is 0.218 e. The van der Waals surface area contributed by atoms with Crippen molar-refractivity contribution in [3.05, 3.63) is 60.2 Å². The number of para-hydroxylation sites is 3. The van der Waals surface area contributed by atoms with Gasteiger partial charge < -0.3 is 14.2 Å². The van der Waals surface area contributed by atoms with Crippen LogP contribution in [0, 0.1) is 0 Å². The molecule has 5 nitrogen and oxygen atoms in total. The summed E-state index contributed by atoms with van der Waals surface area (Å²) in [7, 11) is 1.67. The Labute approximate surface area is 165 Å². The van der Waals surface area contributed by atoms with Crippen molar-refractivity contribution in [2.24, 2.45) is 0 Å². The van der Waals surface area contributed by atoms with E-state index in [1.807, 2.05) is 42.5 Å². The largest absolute Gasteiger partial charge is 0.493 e. The van der Waals surface area contributed by atoms with Crippen LogP contribution >= 0.6 is 0 Å². The van der Waals surface area contributed by atoms with E-state index in [0.29, 0.717) is 13.2 Å². The van der Waals surface area contributed by atoms with Crippen LogP contribution in [0.3, 0.4) is 0 Å². The van der Waals surface area contributed by atoms with Gasteiger partial charge in [-0.05, 0) is 43.7 Å². The lowest BCUT2D eigenvalue weighted by Gasteiger charge is -2.19. The molecule has 0 bridgehead atoms. The zero-order valence-electron chi connectivity index (χ0n) is 16.3. The first-order valence-corrected chi connectivity index (χ1v) is 9.83. The molecule has 1 aromatic heterocycles. The van der Waals surface area contributed by atoms with Crippen LogP contribution in [-0.2, 0) is 6.54 Å². The molecule has 1 aliphatic heterocycles. The number of fused-ring (bicyclic) bond motifs is 2. The maximum atomic E-state index is 5.91. The van der Waals surface area contributed by atoms with Gasteiger partial charge in [-0.1, -0.05) is 30.3 Å². The summed E-state index contributed by atoms with van der Waals surface area (Å²) in [6, 6.07) is 18.2. The third-order valence-corrected chi connectivity index (χ3v) is 5.00. The zero-order chi connectivity index (χ0) is 19.2. The van der Waals surface area contributed by atoms with Crippen LogP contribution in [0.5, 0.6) is 17.4 Å². The monoisotopic (exact) mass is 378 g/mol. The second-order valence-corrected chi connectivity index (χ2v) is 6.98. The summed E-state index contributed by atoms with van der Waals surface area (Å²) < 4.78 is 17.1. The molecule has 0 amide bonds. The summed E-state index contributed by atoms with van der Waals surface area (Å²) >= 11 is 0. The third-order valence-electron chi connectivity index (χ3n) is 5.00. The summed E-state index contributed by atoms with van der Waals surface area (Å²) in [5.41, 5.74) is 2.16. The highest BCUT2D eigenvalue weighted by atomic mass is 16.5. The summed E-state index contributed by atoms with van der Waals surface area (Å²) in [5.74, 6) is 2.37. The van der Waals surface area contributed by atoms with Crippen LogP contribution in [0.2, 0.25) is 0 Å².